The molecular weight excluding hydrogens is 314 g/mol. The number of rotatable bonds is 3. The second-order valence-corrected chi connectivity index (χ2v) is 6.89. The van der Waals surface area contributed by atoms with Crippen LogP contribution in [0.3, 0.4) is 0 Å². The molecule has 0 radical (unpaired) electrons. The van der Waals surface area contributed by atoms with E-state index >= 15 is 0 Å². The zero-order chi connectivity index (χ0) is 17.4. The van der Waals surface area contributed by atoms with E-state index in [1.54, 1.807) is 16.8 Å². The van der Waals surface area contributed by atoms with Crippen LogP contribution in [0.2, 0.25) is 0 Å². The van der Waals surface area contributed by atoms with Gasteiger partial charge in [0.2, 0.25) is 5.95 Å². The predicted octanol–water partition coefficient (Wildman–Crippen LogP) is 3.03. The Morgan fingerprint density at radius 3 is 2.60 bits per heavy atom. The molecule has 1 aliphatic rings. The number of imidazole rings is 1. The number of hydrogen-bond acceptors (Lipinski definition) is 4. The van der Waals surface area contributed by atoms with Crippen molar-refractivity contribution in [1.82, 2.24) is 19.3 Å². The first-order valence-corrected chi connectivity index (χ1v) is 8.86. The first kappa shape index (κ1) is 15.9. The molecule has 0 unspecified atom stereocenters. The summed E-state index contributed by atoms with van der Waals surface area (Å²) in [4.78, 5) is 16.8. The molecule has 0 spiro atoms. The molecule has 3 aromatic rings. The Hall–Kier alpha value is -2.63. The van der Waals surface area contributed by atoms with E-state index in [1.807, 2.05) is 32.2 Å². The lowest BCUT2D eigenvalue weighted by Gasteiger charge is -2.29. The third-order valence-electron chi connectivity index (χ3n) is 5.12. The van der Waals surface area contributed by atoms with E-state index in [9.17, 15) is 4.79 Å². The van der Waals surface area contributed by atoms with Gasteiger partial charge in [0, 0.05) is 19.2 Å². The van der Waals surface area contributed by atoms with Gasteiger partial charge < -0.3 is 9.88 Å². The molecule has 1 fully saturated rings. The summed E-state index contributed by atoms with van der Waals surface area (Å²) < 4.78 is 3.77. The van der Waals surface area contributed by atoms with Gasteiger partial charge in [-0.15, -0.1) is 0 Å². The Bertz CT molecular complexity index is 950. The molecule has 0 saturated heterocycles. The molecule has 130 valence electrons. The Morgan fingerprint density at radius 1 is 1.08 bits per heavy atom. The van der Waals surface area contributed by atoms with Crippen LogP contribution in [-0.4, -0.2) is 25.4 Å². The quantitative estimate of drug-likeness (QED) is 0.798. The average Bonchev–Trinajstić information content (AvgIpc) is 2.94. The van der Waals surface area contributed by atoms with Crippen LogP contribution < -0.4 is 10.9 Å². The molecule has 0 bridgehead atoms. The number of aryl methyl sites for hydroxylation is 2. The fourth-order valence-corrected chi connectivity index (χ4v) is 3.70. The van der Waals surface area contributed by atoms with Gasteiger partial charge in [-0.25, -0.2) is 9.67 Å². The maximum atomic E-state index is 12.1. The van der Waals surface area contributed by atoms with Crippen LogP contribution in [0.15, 0.2) is 41.2 Å². The third-order valence-corrected chi connectivity index (χ3v) is 5.12. The van der Waals surface area contributed by atoms with Crippen LogP contribution in [0.5, 0.6) is 0 Å². The maximum absolute atomic E-state index is 12.1. The number of para-hydroxylation sites is 2. The van der Waals surface area contributed by atoms with Crippen molar-refractivity contribution >= 4 is 17.0 Å². The van der Waals surface area contributed by atoms with Gasteiger partial charge in [0.1, 0.15) is 0 Å². The molecule has 1 N–H and O–H groups in total. The van der Waals surface area contributed by atoms with Gasteiger partial charge in [0.05, 0.1) is 22.8 Å². The molecule has 4 rings (SSSR count). The fraction of sp³-hybridized carbons (Fsp3) is 0.421. The lowest BCUT2D eigenvalue weighted by atomic mass is 9.91. The van der Waals surface area contributed by atoms with Crippen LogP contribution in [-0.2, 0) is 7.05 Å². The Labute approximate surface area is 146 Å². The topological polar surface area (TPSA) is 64.7 Å². The van der Waals surface area contributed by atoms with Gasteiger partial charge in [-0.2, -0.15) is 5.10 Å². The second kappa shape index (κ2) is 6.35. The minimum atomic E-state index is -0.00244. The third kappa shape index (κ3) is 3.04. The normalized spacial score (nSPS) is 20.7. The molecule has 6 heteroatoms. The number of nitrogens with one attached hydrogen (secondary N) is 1. The zero-order valence-corrected chi connectivity index (χ0v) is 14.6. The Kier molecular flexibility index (Phi) is 4.03. The highest BCUT2D eigenvalue weighted by molar-refractivity contribution is 5.78. The summed E-state index contributed by atoms with van der Waals surface area (Å²) >= 11 is 0. The molecule has 6 nitrogen and oxygen atoms in total. The van der Waals surface area contributed by atoms with Gasteiger partial charge in [0.25, 0.3) is 5.56 Å². The van der Waals surface area contributed by atoms with E-state index in [4.69, 9.17) is 4.98 Å². The van der Waals surface area contributed by atoms with Crippen LogP contribution >= 0.6 is 0 Å². The van der Waals surface area contributed by atoms with E-state index < -0.39 is 0 Å². The van der Waals surface area contributed by atoms with Crippen LogP contribution in [0.4, 0.5) is 5.95 Å². The maximum Gasteiger partial charge on any atom is 0.267 e. The SMILES string of the molecule is Cc1ccc(=O)n(C2CCC(Nc3nc4ccccc4n3C)CC2)n1. The molecule has 1 aromatic carbocycles. The summed E-state index contributed by atoms with van der Waals surface area (Å²) in [6.07, 6.45) is 3.93. The lowest BCUT2D eigenvalue weighted by Crippen LogP contribution is -2.33. The van der Waals surface area contributed by atoms with Gasteiger partial charge in [-0.05, 0) is 50.8 Å². The molecule has 0 aliphatic heterocycles. The minimum absolute atomic E-state index is 0.00244. The summed E-state index contributed by atoms with van der Waals surface area (Å²) in [6.45, 7) is 1.93. The van der Waals surface area contributed by atoms with E-state index in [0.717, 1.165) is 48.4 Å². The predicted molar refractivity (Wildman–Crippen MR) is 98.9 cm³/mol. The summed E-state index contributed by atoms with van der Waals surface area (Å²) in [6, 6.07) is 12.1. The zero-order valence-electron chi connectivity index (χ0n) is 14.6. The molecule has 0 atom stereocenters. The highest BCUT2D eigenvalue weighted by Gasteiger charge is 2.24. The van der Waals surface area contributed by atoms with Gasteiger partial charge >= 0.3 is 0 Å². The van der Waals surface area contributed by atoms with Crippen LogP contribution in [0.1, 0.15) is 37.4 Å². The van der Waals surface area contributed by atoms with Crippen molar-refractivity contribution in [3.8, 4) is 0 Å². The number of fused-ring (bicyclic) bond motifs is 1. The number of aromatic nitrogens is 4. The van der Waals surface area contributed by atoms with Crippen molar-refractivity contribution in [1.29, 1.82) is 0 Å². The number of anilines is 1. The Balaban J connectivity index is 1.46. The lowest BCUT2D eigenvalue weighted by molar-refractivity contribution is 0.302. The molecule has 1 saturated carbocycles. The van der Waals surface area contributed by atoms with Gasteiger partial charge in [-0.3, -0.25) is 4.79 Å². The van der Waals surface area contributed by atoms with Crippen molar-refractivity contribution < 1.29 is 0 Å². The largest absolute Gasteiger partial charge is 0.353 e. The van der Waals surface area contributed by atoms with Gasteiger partial charge in [0.15, 0.2) is 0 Å². The van der Waals surface area contributed by atoms with Crippen molar-refractivity contribution in [2.75, 3.05) is 5.32 Å². The summed E-state index contributed by atoms with van der Waals surface area (Å²) in [7, 11) is 2.04. The summed E-state index contributed by atoms with van der Waals surface area (Å²) in [5.41, 5.74) is 3.03. The smallest absolute Gasteiger partial charge is 0.267 e. The summed E-state index contributed by atoms with van der Waals surface area (Å²) in [5.74, 6) is 0.912. The van der Waals surface area contributed by atoms with Crippen LogP contribution in [0, 0.1) is 6.92 Å². The first-order chi connectivity index (χ1) is 12.1. The standard InChI is InChI=1S/C19H23N5O/c1-13-7-12-18(25)24(22-13)15-10-8-14(9-11-15)20-19-21-16-5-3-4-6-17(16)23(19)2/h3-7,12,14-15H,8-11H2,1-2H3,(H,20,21). The highest BCUT2D eigenvalue weighted by Crippen LogP contribution is 2.29. The number of nitrogens with zero attached hydrogens (tertiary/aromatic N) is 4. The van der Waals surface area contributed by atoms with Crippen molar-refractivity contribution in [3.05, 3.63) is 52.4 Å². The molecule has 25 heavy (non-hydrogen) atoms. The van der Waals surface area contributed by atoms with Crippen molar-refractivity contribution in [2.24, 2.45) is 7.05 Å². The highest BCUT2D eigenvalue weighted by atomic mass is 16.1. The Morgan fingerprint density at radius 2 is 1.84 bits per heavy atom. The second-order valence-electron chi connectivity index (χ2n) is 6.89. The van der Waals surface area contributed by atoms with Crippen LogP contribution in [0.25, 0.3) is 11.0 Å². The van der Waals surface area contributed by atoms with E-state index in [2.05, 4.69) is 21.0 Å². The fourth-order valence-electron chi connectivity index (χ4n) is 3.70. The molecule has 2 aromatic heterocycles. The van der Waals surface area contributed by atoms with Crippen molar-refractivity contribution in [3.63, 3.8) is 0 Å². The molecular formula is C19H23N5O. The van der Waals surface area contributed by atoms with E-state index in [0.29, 0.717) is 6.04 Å². The first-order valence-electron chi connectivity index (χ1n) is 8.86. The molecule has 2 heterocycles. The van der Waals surface area contributed by atoms with E-state index in [1.165, 1.54) is 0 Å². The van der Waals surface area contributed by atoms with E-state index in [-0.39, 0.29) is 11.6 Å². The minimum Gasteiger partial charge on any atom is -0.353 e. The number of benzene rings is 1. The monoisotopic (exact) mass is 337 g/mol. The average molecular weight is 337 g/mol. The van der Waals surface area contributed by atoms with Crippen molar-refractivity contribution in [2.45, 2.75) is 44.7 Å². The van der Waals surface area contributed by atoms with Gasteiger partial charge in [-0.1, -0.05) is 12.1 Å². The molecule has 0 amide bonds. The molecule has 1 aliphatic carbocycles. The summed E-state index contributed by atoms with van der Waals surface area (Å²) in [5, 5.41) is 8.00. The number of hydrogen-bond donors (Lipinski definition) is 1.